The fourth-order valence-electron chi connectivity index (χ4n) is 4.84. The molecule has 2 aromatic rings. The predicted molar refractivity (Wildman–Crippen MR) is 130 cm³/mol. The fourth-order valence-corrected chi connectivity index (χ4v) is 4.84. The Morgan fingerprint density at radius 2 is 1.91 bits per heavy atom. The number of hydrogen-bond donors (Lipinski definition) is 1. The lowest BCUT2D eigenvalue weighted by Crippen LogP contribution is -2.38. The van der Waals surface area contributed by atoms with Crippen molar-refractivity contribution in [3.05, 3.63) is 64.7 Å². The molecule has 0 saturated carbocycles. The Labute approximate surface area is 200 Å². The minimum absolute atomic E-state index is 0.0617. The number of amides is 1. The van der Waals surface area contributed by atoms with Crippen molar-refractivity contribution in [1.29, 1.82) is 0 Å². The number of aliphatic hydroxyl groups excluding tert-OH is 1. The summed E-state index contributed by atoms with van der Waals surface area (Å²) in [7, 11) is 1.56. The van der Waals surface area contributed by atoms with Gasteiger partial charge in [0.2, 0.25) is 0 Å². The average molecular weight is 465 g/mol. The molecular formula is C27H32N2O5. The van der Waals surface area contributed by atoms with Crippen molar-refractivity contribution in [2.75, 3.05) is 33.3 Å². The Morgan fingerprint density at radius 3 is 2.62 bits per heavy atom. The van der Waals surface area contributed by atoms with Gasteiger partial charge in [0, 0.05) is 30.6 Å². The summed E-state index contributed by atoms with van der Waals surface area (Å²) in [6.45, 7) is 8.79. The molecule has 0 aliphatic carbocycles. The number of aliphatic hydroxyl groups is 1. The molecule has 4 rings (SSSR count). The van der Waals surface area contributed by atoms with E-state index in [4.69, 9.17) is 9.47 Å². The molecule has 7 heteroatoms. The SMILES string of the molecule is CCN(CC)CCN1C(=O)C(=O)C(=C(O)c2ccc3c(c2)CC(C)O3)C1c1ccccc1OC. The van der Waals surface area contributed by atoms with E-state index in [1.807, 2.05) is 37.3 Å². The summed E-state index contributed by atoms with van der Waals surface area (Å²) in [6.07, 6.45) is 0.788. The fraction of sp³-hybridized carbons (Fsp3) is 0.407. The first-order chi connectivity index (χ1) is 16.4. The Bertz CT molecular complexity index is 1120. The minimum Gasteiger partial charge on any atom is -0.507 e. The summed E-state index contributed by atoms with van der Waals surface area (Å²) in [5.74, 6) is -0.128. The first-order valence-electron chi connectivity index (χ1n) is 11.8. The van der Waals surface area contributed by atoms with Gasteiger partial charge >= 0.3 is 0 Å². The number of carbonyl (C=O) groups is 2. The predicted octanol–water partition coefficient (Wildman–Crippen LogP) is 3.78. The second kappa shape index (κ2) is 9.89. The molecule has 2 atom stereocenters. The number of Topliss-reactive ketones (excluding diaryl/α,β-unsaturated/α-hetero) is 1. The molecule has 2 heterocycles. The van der Waals surface area contributed by atoms with E-state index in [2.05, 4.69) is 18.7 Å². The van der Waals surface area contributed by atoms with Crippen LogP contribution in [0.15, 0.2) is 48.0 Å². The number of ether oxygens (including phenoxy) is 2. The largest absolute Gasteiger partial charge is 0.507 e. The van der Waals surface area contributed by atoms with Gasteiger partial charge < -0.3 is 24.4 Å². The lowest BCUT2D eigenvalue weighted by atomic mass is 9.94. The maximum atomic E-state index is 13.3. The van der Waals surface area contributed by atoms with Gasteiger partial charge in [-0.3, -0.25) is 9.59 Å². The second-order valence-corrected chi connectivity index (χ2v) is 8.72. The second-order valence-electron chi connectivity index (χ2n) is 8.72. The molecular weight excluding hydrogens is 432 g/mol. The zero-order valence-electron chi connectivity index (χ0n) is 20.2. The molecule has 0 radical (unpaired) electrons. The third-order valence-electron chi connectivity index (χ3n) is 6.69. The third kappa shape index (κ3) is 4.28. The molecule has 7 nitrogen and oxygen atoms in total. The molecule has 1 saturated heterocycles. The van der Waals surface area contributed by atoms with Gasteiger partial charge in [0.25, 0.3) is 11.7 Å². The van der Waals surface area contributed by atoms with E-state index in [9.17, 15) is 14.7 Å². The van der Waals surface area contributed by atoms with Crippen LogP contribution in [0.25, 0.3) is 5.76 Å². The Kier molecular flexibility index (Phi) is 6.93. The average Bonchev–Trinajstić information content (AvgIpc) is 3.34. The molecule has 34 heavy (non-hydrogen) atoms. The Balaban J connectivity index is 1.82. The van der Waals surface area contributed by atoms with E-state index in [0.717, 1.165) is 30.8 Å². The number of rotatable bonds is 8. The van der Waals surface area contributed by atoms with E-state index < -0.39 is 17.7 Å². The van der Waals surface area contributed by atoms with Crippen LogP contribution >= 0.6 is 0 Å². The molecule has 1 fully saturated rings. The van der Waals surface area contributed by atoms with Crippen LogP contribution in [0.1, 0.15) is 43.5 Å². The van der Waals surface area contributed by atoms with Crippen LogP contribution in [0.2, 0.25) is 0 Å². The number of likely N-dealkylation sites (N-methyl/N-ethyl adjacent to an activating group) is 1. The highest BCUT2D eigenvalue weighted by molar-refractivity contribution is 6.46. The lowest BCUT2D eigenvalue weighted by molar-refractivity contribution is -0.140. The monoisotopic (exact) mass is 464 g/mol. The number of carbonyl (C=O) groups excluding carboxylic acids is 2. The van der Waals surface area contributed by atoms with Crippen molar-refractivity contribution in [2.45, 2.75) is 39.3 Å². The minimum atomic E-state index is -0.741. The molecule has 2 unspecified atom stereocenters. The molecule has 2 aliphatic heterocycles. The van der Waals surface area contributed by atoms with Crippen molar-refractivity contribution in [1.82, 2.24) is 9.80 Å². The van der Waals surface area contributed by atoms with Gasteiger partial charge in [-0.25, -0.2) is 0 Å². The molecule has 0 spiro atoms. The van der Waals surface area contributed by atoms with Crippen molar-refractivity contribution >= 4 is 17.4 Å². The zero-order valence-corrected chi connectivity index (χ0v) is 20.2. The molecule has 0 aromatic heterocycles. The van der Waals surface area contributed by atoms with Gasteiger partial charge in [0.05, 0.1) is 18.7 Å². The van der Waals surface area contributed by atoms with Crippen LogP contribution in [0.5, 0.6) is 11.5 Å². The molecule has 1 amide bonds. The number of likely N-dealkylation sites (tertiary alicyclic amines) is 1. The molecule has 180 valence electrons. The molecule has 1 N–H and O–H groups in total. The van der Waals surface area contributed by atoms with Crippen LogP contribution < -0.4 is 9.47 Å². The number of benzene rings is 2. The number of ketones is 1. The number of para-hydroxylation sites is 1. The van der Waals surface area contributed by atoms with Gasteiger partial charge in [-0.05, 0) is 49.8 Å². The zero-order chi connectivity index (χ0) is 24.4. The summed E-state index contributed by atoms with van der Waals surface area (Å²) in [4.78, 5) is 30.3. The highest BCUT2D eigenvalue weighted by Gasteiger charge is 2.47. The Hall–Kier alpha value is -3.32. The lowest BCUT2D eigenvalue weighted by Gasteiger charge is -2.29. The van der Waals surface area contributed by atoms with Crippen LogP contribution in [0, 0.1) is 0 Å². The van der Waals surface area contributed by atoms with Gasteiger partial charge in [-0.15, -0.1) is 0 Å². The van der Waals surface area contributed by atoms with Crippen molar-refractivity contribution < 1.29 is 24.2 Å². The van der Waals surface area contributed by atoms with E-state index in [1.54, 1.807) is 24.1 Å². The van der Waals surface area contributed by atoms with Crippen LogP contribution in [0.4, 0.5) is 0 Å². The topological polar surface area (TPSA) is 79.3 Å². The summed E-state index contributed by atoms with van der Waals surface area (Å²) >= 11 is 0. The normalized spacial score (nSPS) is 21.1. The summed E-state index contributed by atoms with van der Waals surface area (Å²) < 4.78 is 11.3. The van der Waals surface area contributed by atoms with Crippen LogP contribution in [-0.4, -0.2) is 66.0 Å². The number of fused-ring (bicyclic) bond motifs is 1. The van der Waals surface area contributed by atoms with Crippen molar-refractivity contribution in [2.24, 2.45) is 0 Å². The van der Waals surface area contributed by atoms with Gasteiger partial charge in [0.1, 0.15) is 23.4 Å². The van der Waals surface area contributed by atoms with Gasteiger partial charge in [-0.1, -0.05) is 32.0 Å². The quantitative estimate of drug-likeness (QED) is 0.364. The van der Waals surface area contributed by atoms with E-state index in [1.165, 1.54) is 0 Å². The third-order valence-corrected chi connectivity index (χ3v) is 6.69. The summed E-state index contributed by atoms with van der Waals surface area (Å²) in [6, 6.07) is 12.0. The highest BCUT2D eigenvalue weighted by atomic mass is 16.5. The van der Waals surface area contributed by atoms with E-state index in [-0.39, 0.29) is 17.4 Å². The van der Waals surface area contributed by atoms with Crippen LogP contribution in [0.3, 0.4) is 0 Å². The summed E-state index contributed by atoms with van der Waals surface area (Å²) in [5.41, 5.74) is 2.23. The maximum Gasteiger partial charge on any atom is 0.295 e. The van der Waals surface area contributed by atoms with E-state index >= 15 is 0 Å². The first kappa shape index (κ1) is 23.8. The first-order valence-corrected chi connectivity index (χ1v) is 11.8. The van der Waals surface area contributed by atoms with E-state index in [0.29, 0.717) is 30.0 Å². The maximum absolute atomic E-state index is 13.3. The van der Waals surface area contributed by atoms with Crippen molar-refractivity contribution in [3.8, 4) is 11.5 Å². The molecule has 0 bridgehead atoms. The molecule has 2 aliphatic rings. The standard InChI is InChI=1S/C27H32N2O5/c1-5-28(6-2)13-14-29-24(20-9-7-8-10-22(20)33-4)23(26(31)27(29)32)25(30)18-11-12-21-19(16-18)15-17(3)34-21/h7-12,16-17,24,30H,5-6,13-15H2,1-4H3. The highest BCUT2D eigenvalue weighted by Crippen LogP contribution is 2.43. The van der Waals surface area contributed by atoms with Gasteiger partial charge in [0.15, 0.2) is 0 Å². The number of hydrogen-bond acceptors (Lipinski definition) is 6. The number of nitrogens with zero attached hydrogens (tertiary/aromatic N) is 2. The summed E-state index contributed by atoms with van der Waals surface area (Å²) in [5, 5.41) is 11.4. The molecule has 2 aromatic carbocycles. The number of methoxy groups -OCH3 is 1. The van der Waals surface area contributed by atoms with Gasteiger partial charge in [-0.2, -0.15) is 0 Å². The smallest absolute Gasteiger partial charge is 0.295 e. The Morgan fingerprint density at radius 1 is 1.18 bits per heavy atom. The van der Waals surface area contributed by atoms with Crippen LogP contribution in [-0.2, 0) is 16.0 Å². The van der Waals surface area contributed by atoms with Crippen molar-refractivity contribution in [3.63, 3.8) is 0 Å².